The van der Waals surface area contributed by atoms with Crippen molar-refractivity contribution in [3.05, 3.63) is 40.9 Å². The van der Waals surface area contributed by atoms with E-state index in [1.165, 1.54) is 4.90 Å². The summed E-state index contributed by atoms with van der Waals surface area (Å²) in [4.78, 5) is 25.7. The number of carbonyl (C=O) groups is 2. The van der Waals surface area contributed by atoms with Crippen LogP contribution in [0.1, 0.15) is 20.3 Å². The standard InChI is InChI=1S/C15H15ClN2O2S/c1-9(2)3-8-12-13(19)17-15(21)18(14(12)20)11-6-4-10(16)5-7-11/h4-9H,3H2,1-2H3,(H,17,19,21)/b12-8-. The maximum absolute atomic E-state index is 12.5. The smallest absolute Gasteiger partial charge is 0.269 e. The van der Waals surface area contributed by atoms with Gasteiger partial charge in [0.2, 0.25) is 0 Å². The number of nitrogens with zero attached hydrogens (tertiary/aromatic N) is 1. The maximum atomic E-state index is 12.5. The van der Waals surface area contributed by atoms with Gasteiger partial charge in [0.05, 0.1) is 5.69 Å². The number of thiocarbonyl (C=S) groups is 1. The Balaban J connectivity index is 2.35. The molecule has 1 aromatic carbocycles. The summed E-state index contributed by atoms with van der Waals surface area (Å²) in [5.41, 5.74) is 0.692. The highest BCUT2D eigenvalue weighted by Gasteiger charge is 2.34. The molecule has 0 aliphatic carbocycles. The number of anilines is 1. The number of hydrogen-bond donors (Lipinski definition) is 1. The quantitative estimate of drug-likeness (QED) is 0.528. The van der Waals surface area contributed by atoms with Gasteiger partial charge < -0.3 is 0 Å². The average Bonchev–Trinajstić information content (AvgIpc) is 2.40. The molecule has 110 valence electrons. The Hall–Kier alpha value is -1.72. The van der Waals surface area contributed by atoms with Crippen LogP contribution in [0.4, 0.5) is 5.69 Å². The van der Waals surface area contributed by atoms with Crippen molar-refractivity contribution in [2.24, 2.45) is 5.92 Å². The van der Waals surface area contributed by atoms with Crippen LogP contribution in [0.3, 0.4) is 0 Å². The topological polar surface area (TPSA) is 49.4 Å². The molecule has 0 unspecified atom stereocenters. The Kier molecular flexibility index (Phi) is 4.75. The van der Waals surface area contributed by atoms with Gasteiger partial charge in [-0.2, -0.15) is 0 Å². The Morgan fingerprint density at radius 3 is 2.48 bits per heavy atom. The van der Waals surface area contributed by atoms with E-state index in [1.54, 1.807) is 30.3 Å². The minimum atomic E-state index is -0.448. The van der Waals surface area contributed by atoms with Crippen LogP contribution in [-0.4, -0.2) is 16.9 Å². The Morgan fingerprint density at radius 1 is 1.29 bits per heavy atom. The van der Waals surface area contributed by atoms with E-state index in [0.29, 0.717) is 23.0 Å². The molecular formula is C15H15ClN2O2S. The average molecular weight is 323 g/mol. The second kappa shape index (κ2) is 6.37. The van der Waals surface area contributed by atoms with Crippen molar-refractivity contribution in [1.29, 1.82) is 0 Å². The maximum Gasteiger partial charge on any atom is 0.269 e. The van der Waals surface area contributed by atoms with Gasteiger partial charge in [-0.05, 0) is 48.8 Å². The van der Waals surface area contributed by atoms with Gasteiger partial charge in [0.15, 0.2) is 5.11 Å². The second-order valence-corrected chi connectivity index (χ2v) is 5.95. The molecule has 0 aromatic heterocycles. The van der Waals surface area contributed by atoms with Crippen LogP contribution in [0.25, 0.3) is 0 Å². The van der Waals surface area contributed by atoms with Gasteiger partial charge >= 0.3 is 0 Å². The molecular weight excluding hydrogens is 308 g/mol. The van der Waals surface area contributed by atoms with Gasteiger partial charge in [-0.1, -0.05) is 31.5 Å². The van der Waals surface area contributed by atoms with E-state index >= 15 is 0 Å². The lowest BCUT2D eigenvalue weighted by molar-refractivity contribution is -0.122. The normalized spacial score (nSPS) is 17.6. The summed E-state index contributed by atoms with van der Waals surface area (Å²) in [5.74, 6) is -0.501. The lowest BCUT2D eigenvalue weighted by atomic mass is 10.1. The molecule has 4 nitrogen and oxygen atoms in total. The Labute approximate surface area is 133 Å². The van der Waals surface area contributed by atoms with E-state index in [0.717, 1.165) is 0 Å². The van der Waals surface area contributed by atoms with E-state index < -0.39 is 11.8 Å². The molecule has 0 bridgehead atoms. The number of allylic oxidation sites excluding steroid dienone is 1. The molecule has 1 heterocycles. The van der Waals surface area contributed by atoms with Gasteiger partial charge in [-0.25, -0.2) is 0 Å². The fourth-order valence-electron chi connectivity index (χ4n) is 1.89. The molecule has 0 radical (unpaired) electrons. The molecule has 1 N–H and O–H groups in total. The van der Waals surface area contributed by atoms with Crippen molar-refractivity contribution >= 4 is 46.4 Å². The lowest BCUT2D eigenvalue weighted by Gasteiger charge is -2.29. The van der Waals surface area contributed by atoms with Crippen molar-refractivity contribution in [3.8, 4) is 0 Å². The third kappa shape index (κ3) is 3.49. The monoisotopic (exact) mass is 322 g/mol. The number of halogens is 1. The zero-order valence-electron chi connectivity index (χ0n) is 11.7. The van der Waals surface area contributed by atoms with Crippen LogP contribution < -0.4 is 10.2 Å². The van der Waals surface area contributed by atoms with Crippen molar-refractivity contribution in [2.45, 2.75) is 20.3 Å². The van der Waals surface area contributed by atoms with Gasteiger partial charge in [-0.3, -0.25) is 19.8 Å². The highest BCUT2D eigenvalue weighted by atomic mass is 35.5. The largest absolute Gasteiger partial charge is 0.298 e. The summed E-state index contributed by atoms with van der Waals surface area (Å²) in [7, 11) is 0. The summed E-state index contributed by atoms with van der Waals surface area (Å²) < 4.78 is 0. The fraction of sp³-hybridized carbons (Fsp3) is 0.267. The Morgan fingerprint density at radius 2 is 1.90 bits per heavy atom. The van der Waals surface area contributed by atoms with Gasteiger partial charge in [0.25, 0.3) is 11.8 Å². The minimum absolute atomic E-state index is 0.0778. The number of rotatable bonds is 3. The molecule has 1 aliphatic heterocycles. The van der Waals surface area contributed by atoms with Crippen molar-refractivity contribution < 1.29 is 9.59 Å². The van der Waals surface area contributed by atoms with E-state index in [4.69, 9.17) is 23.8 Å². The van der Waals surface area contributed by atoms with E-state index in [9.17, 15) is 9.59 Å². The first-order valence-electron chi connectivity index (χ1n) is 6.55. The van der Waals surface area contributed by atoms with E-state index in [2.05, 4.69) is 5.32 Å². The predicted octanol–water partition coefficient (Wildman–Crippen LogP) is 3.06. The summed E-state index contributed by atoms with van der Waals surface area (Å²) in [5, 5.41) is 3.18. The molecule has 1 aliphatic rings. The number of hydrogen-bond acceptors (Lipinski definition) is 3. The molecule has 0 atom stereocenters. The van der Waals surface area contributed by atoms with Crippen LogP contribution in [0, 0.1) is 5.92 Å². The van der Waals surface area contributed by atoms with Crippen molar-refractivity contribution in [1.82, 2.24) is 5.32 Å². The van der Waals surface area contributed by atoms with Crippen LogP contribution in [0.2, 0.25) is 5.02 Å². The van der Waals surface area contributed by atoms with E-state index in [1.807, 2.05) is 13.8 Å². The minimum Gasteiger partial charge on any atom is -0.298 e. The van der Waals surface area contributed by atoms with Crippen LogP contribution in [0.5, 0.6) is 0 Å². The molecule has 0 spiro atoms. The lowest BCUT2D eigenvalue weighted by Crippen LogP contribution is -2.54. The van der Waals surface area contributed by atoms with Crippen LogP contribution in [-0.2, 0) is 9.59 Å². The molecule has 1 saturated heterocycles. The van der Waals surface area contributed by atoms with Gasteiger partial charge in [0.1, 0.15) is 5.57 Å². The predicted molar refractivity (Wildman–Crippen MR) is 87.2 cm³/mol. The SMILES string of the molecule is CC(C)C/C=C1/C(=O)NC(=S)N(c2ccc(Cl)cc2)C1=O. The summed E-state index contributed by atoms with van der Waals surface area (Å²) in [6, 6.07) is 6.70. The summed E-state index contributed by atoms with van der Waals surface area (Å²) in [6.07, 6.45) is 2.31. The molecule has 2 rings (SSSR count). The Bertz CT molecular complexity index is 623. The van der Waals surface area contributed by atoms with Gasteiger partial charge in [-0.15, -0.1) is 0 Å². The first kappa shape index (κ1) is 15.7. The third-order valence-electron chi connectivity index (χ3n) is 2.98. The molecule has 1 aromatic rings. The van der Waals surface area contributed by atoms with Crippen molar-refractivity contribution in [3.63, 3.8) is 0 Å². The molecule has 1 fully saturated rings. The molecule has 21 heavy (non-hydrogen) atoms. The second-order valence-electron chi connectivity index (χ2n) is 5.12. The summed E-state index contributed by atoms with van der Waals surface area (Å²) >= 11 is 10.9. The van der Waals surface area contributed by atoms with Crippen LogP contribution >= 0.6 is 23.8 Å². The highest BCUT2D eigenvalue weighted by Crippen LogP contribution is 2.23. The molecule has 2 amide bonds. The number of amides is 2. The number of nitrogens with one attached hydrogen (secondary N) is 1. The highest BCUT2D eigenvalue weighted by molar-refractivity contribution is 7.80. The molecule has 6 heteroatoms. The zero-order chi connectivity index (χ0) is 15.6. The van der Waals surface area contributed by atoms with Crippen molar-refractivity contribution in [2.75, 3.05) is 4.90 Å². The number of carbonyl (C=O) groups excluding carboxylic acids is 2. The molecule has 0 saturated carbocycles. The number of benzene rings is 1. The first-order chi connectivity index (χ1) is 9.90. The van der Waals surface area contributed by atoms with Gasteiger partial charge in [0, 0.05) is 5.02 Å². The zero-order valence-corrected chi connectivity index (χ0v) is 13.3. The fourth-order valence-corrected chi connectivity index (χ4v) is 2.30. The van der Waals surface area contributed by atoms with E-state index in [-0.39, 0.29) is 10.7 Å². The van der Waals surface area contributed by atoms with Crippen LogP contribution in [0.15, 0.2) is 35.9 Å². The summed E-state index contributed by atoms with van der Waals surface area (Å²) in [6.45, 7) is 4.04. The third-order valence-corrected chi connectivity index (χ3v) is 3.52. The first-order valence-corrected chi connectivity index (χ1v) is 7.34.